The highest BCUT2D eigenvalue weighted by Crippen LogP contribution is 2.31. The molecule has 0 aliphatic rings. The number of hydrogen-bond acceptors (Lipinski definition) is 4. The Morgan fingerprint density at radius 2 is 1.00 bits per heavy atom. The van der Waals surface area contributed by atoms with Crippen LogP contribution in [0.4, 0.5) is 0 Å². The fraction of sp³-hybridized carbons (Fsp3) is 1.00. The highest BCUT2D eigenvalue weighted by molar-refractivity contribution is 4.70. The summed E-state index contributed by atoms with van der Waals surface area (Å²) in [5, 5.41) is 0. The molecular weight excluding hydrogens is 292 g/mol. The first-order chi connectivity index (χ1) is 10.7. The summed E-state index contributed by atoms with van der Waals surface area (Å²) in [6.07, 6.45) is 7.47. The maximum atomic E-state index is 5.82. The second kappa shape index (κ2) is 10.7. The van der Waals surface area contributed by atoms with Crippen molar-refractivity contribution in [3.8, 4) is 0 Å². The summed E-state index contributed by atoms with van der Waals surface area (Å²) in [6, 6.07) is 0. The van der Waals surface area contributed by atoms with E-state index in [2.05, 4.69) is 20.8 Å². The van der Waals surface area contributed by atoms with E-state index in [1.807, 2.05) is 34.6 Å². The molecule has 0 aliphatic carbocycles. The molecular formula is C19H40O4. The zero-order valence-corrected chi connectivity index (χ0v) is 16.8. The third kappa shape index (κ3) is 9.65. The average Bonchev–Trinajstić information content (AvgIpc) is 2.47. The topological polar surface area (TPSA) is 36.9 Å². The lowest BCUT2D eigenvalue weighted by atomic mass is 10.0. The first-order valence-electron chi connectivity index (χ1n) is 9.39. The van der Waals surface area contributed by atoms with E-state index < -0.39 is 5.79 Å². The third-order valence-corrected chi connectivity index (χ3v) is 3.99. The Kier molecular flexibility index (Phi) is 10.6. The highest BCUT2D eigenvalue weighted by Gasteiger charge is 2.37. The summed E-state index contributed by atoms with van der Waals surface area (Å²) < 4.78 is 0. The molecule has 140 valence electrons. The molecule has 0 amide bonds. The maximum absolute atomic E-state index is 5.82. The van der Waals surface area contributed by atoms with E-state index in [-0.39, 0.29) is 11.2 Å². The molecule has 23 heavy (non-hydrogen) atoms. The van der Waals surface area contributed by atoms with Crippen LogP contribution in [-0.2, 0) is 19.6 Å². The molecule has 0 aromatic carbocycles. The SMILES string of the molecule is CCCCC(CC)(OOC(C)(C)CCC)OOC(C)(C)CCC. The zero-order valence-electron chi connectivity index (χ0n) is 16.8. The van der Waals surface area contributed by atoms with Crippen molar-refractivity contribution in [1.82, 2.24) is 0 Å². The van der Waals surface area contributed by atoms with Gasteiger partial charge in [0.05, 0.1) is 11.2 Å². The van der Waals surface area contributed by atoms with Gasteiger partial charge in [-0.1, -0.05) is 47.0 Å². The van der Waals surface area contributed by atoms with Gasteiger partial charge >= 0.3 is 0 Å². The van der Waals surface area contributed by atoms with Crippen LogP contribution in [-0.4, -0.2) is 17.0 Å². The Morgan fingerprint density at radius 1 is 0.565 bits per heavy atom. The Bertz CT molecular complexity index is 278. The van der Waals surface area contributed by atoms with E-state index in [4.69, 9.17) is 19.6 Å². The van der Waals surface area contributed by atoms with Gasteiger partial charge < -0.3 is 0 Å². The van der Waals surface area contributed by atoms with Crippen molar-refractivity contribution >= 4 is 0 Å². The van der Waals surface area contributed by atoms with Crippen LogP contribution in [0, 0.1) is 0 Å². The van der Waals surface area contributed by atoms with Crippen LogP contribution < -0.4 is 0 Å². The van der Waals surface area contributed by atoms with Gasteiger partial charge in [0.15, 0.2) is 0 Å². The normalized spacial score (nSPS) is 13.6. The number of rotatable bonds is 14. The van der Waals surface area contributed by atoms with Crippen molar-refractivity contribution in [2.75, 3.05) is 0 Å². The number of unbranched alkanes of at least 4 members (excludes halogenated alkanes) is 1. The summed E-state index contributed by atoms with van der Waals surface area (Å²) in [5.41, 5.74) is -0.659. The Balaban J connectivity index is 4.86. The van der Waals surface area contributed by atoms with Gasteiger partial charge in [0.2, 0.25) is 5.79 Å². The lowest BCUT2D eigenvalue weighted by Crippen LogP contribution is -2.41. The summed E-state index contributed by atoms with van der Waals surface area (Å²) in [6.45, 7) is 16.6. The fourth-order valence-electron chi connectivity index (χ4n) is 2.50. The molecule has 0 fully saturated rings. The van der Waals surface area contributed by atoms with Crippen molar-refractivity contribution in [3.05, 3.63) is 0 Å². The van der Waals surface area contributed by atoms with E-state index in [9.17, 15) is 0 Å². The molecule has 0 unspecified atom stereocenters. The van der Waals surface area contributed by atoms with Crippen molar-refractivity contribution in [2.24, 2.45) is 0 Å². The highest BCUT2D eigenvalue weighted by atomic mass is 17.3. The van der Waals surface area contributed by atoms with Gasteiger partial charge in [-0.3, -0.25) is 0 Å². The van der Waals surface area contributed by atoms with Gasteiger partial charge in [0.25, 0.3) is 0 Å². The summed E-state index contributed by atoms with van der Waals surface area (Å²) in [4.78, 5) is 23.1. The van der Waals surface area contributed by atoms with Crippen molar-refractivity contribution in [3.63, 3.8) is 0 Å². The Morgan fingerprint density at radius 3 is 1.30 bits per heavy atom. The van der Waals surface area contributed by atoms with Crippen LogP contribution in [0.1, 0.15) is 107 Å². The van der Waals surface area contributed by atoms with Crippen molar-refractivity contribution < 1.29 is 19.6 Å². The smallest absolute Gasteiger partial charge is 0.228 e. The van der Waals surface area contributed by atoms with Gasteiger partial charge in [0, 0.05) is 12.8 Å². The molecule has 0 radical (unpaired) electrons. The molecule has 4 nitrogen and oxygen atoms in total. The zero-order chi connectivity index (χ0) is 18.0. The third-order valence-electron chi connectivity index (χ3n) is 3.99. The predicted molar refractivity (Wildman–Crippen MR) is 94.9 cm³/mol. The molecule has 4 heteroatoms. The summed E-state index contributed by atoms with van der Waals surface area (Å²) in [7, 11) is 0. The average molecular weight is 333 g/mol. The Labute approximate surface area is 144 Å². The first kappa shape index (κ1) is 22.8. The number of hydrogen-bond donors (Lipinski definition) is 0. The predicted octanol–water partition coefficient (Wildman–Crippen LogP) is 6.34. The minimum atomic E-state index is -0.841. The van der Waals surface area contributed by atoms with Crippen LogP contribution in [0.15, 0.2) is 0 Å². The molecule has 0 saturated carbocycles. The lowest BCUT2D eigenvalue weighted by Gasteiger charge is -2.36. The van der Waals surface area contributed by atoms with Gasteiger partial charge in [-0.25, -0.2) is 9.78 Å². The maximum Gasteiger partial charge on any atom is 0.233 e. The molecule has 0 saturated heterocycles. The second-order valence-electron chi connectivity index (χ2n) is 7.72. The molecule has 0 spiro atoms. The van der Waals surface area contributed by atoms with Crippen LogP contribution >= 0.6 is 0 Å². The standard InChI is InChI=1S/C19H40O4/c1-9-13-16-19(12-4,22-20-17(5,6)14-10-2)23-21-18(7,8)15-11-3/h9-16H2,1-8H3. The molecule has 0 N–H and O–H groups in total. The molecule has 0 heterocycles. The molecule has 0 rings (SSSR count). The first-order valence-corrected chi connectivity index (χ1v) is 9.39. The van der Waals surface area contributed by atoms with Crippen molar-refractivity contribution in [2.45, 2.75) is 124 Å². The second-order valence-corrected chi connectivity index (χ2v) is 7.72. The van der Waals surface area contributed by atoms with Crippen LogP contribution in [0.2, 0.25) is 0 Å². The molecule has 0 atom stereocenters. The summed E-state index contributed by atoms with van der Waals surface area (Å²) in [5.74, 6) is -0.841. The van der Waals surface area contributed by atoms with Crippen molar-refractivity contribution in [1.29, 1.82) is 0 Å². The fourth-order valence-corrected chi connectivity index (χ4v) is 2.50. The monoisotopic (exact) mass is 332 g/mol. The van der Waals surface area contributed by atoms with E-state index in [0.717, 1.165) is 44.9 Å². The molecule has 0 aliphatic heterocycles. The van der Waals surface area contributed by atoms with Gasteiger partial charge in [0.1, 0.15) is 0 Å². The molecule has 0 aromatic rings. The molecule has 0 aromatic heterocycles. The largest absolute Gasteiger partial charge is 0.233 e. The lowest BCUT2D eigenvalue weighted by molar-refractivity contribution is -0.545. The van der Waals surface area contributed by atoms with E-state index in [1.54, 1.807) is 0 Å². The van der Waals surface area contributed by atoms with E-state index >= 15 is 0 Å². The van der Waals surface area contributed by atoms with Gasteiger partial charge in [-0.05, 0) is 47.0 Å². The van der Waals surface area contributed by atoms with E-state index in [0.29, 0.717) is 6.42 Å². The molecule has 0 bridgehead atoms. The van der Waals surface area contributed by atoms with Gasteiger partial charge in [-0.15, -0.1) is 0 Å². The van der Waals surface area contributed by atoms with E-state index in [1.165, 1.54) is 0 Å². The minimum Gasteiger partial charge on any atom is -0.228 e. The van der Waals surface area contributed by atoms with Gasteiger partial charge in [-0.2, -0.15) is 9.78 Å². The quantitative estimate of drug-likeness (QED) is 0.211. The van der Waals surface area contributed by atoms with Crippen LogP contribution in [0.25, 0.3) is 0 Å². The van der Waals surface area contributed by atoms with Crippen LogP contribution in [0.5, 0.6) is 0 Å². The Hall–Kier alpha value is -0.160. The van der Waals surface area contributed by atoms with Crippen LogP contribution in [0.3, 0.4) is 0 Å². The summed E-state index contributed by atoms with van der Waals surface area (Å²) >= 11 is 0. The minimum absolute atomic E-state index is 0.330.